The van der Waals surface area contributed by atoms with Gasteiger partial charge in [0.25, 0.3) is 5.91 Å². The highest BCUT2D eigenvalue weighted by molar-refractivity contribution is 5.95. The second-order valence-corrected chi connectivity index (χ2v) is 6.38. The quantitative estimate of drug-likeness (QED) is 0.713. The van der Waals surface area contributed by atoms with Crippen LogP contribution in [0.4, 0.5) is 4.39 Å². The van der Waals surface area contributed by atoms with E-state index in [-0.39, 0.29) is 24.8 Å². The molecule has 2 aromatic carbocycles. The van der Waals surface area contributed by atoms with Crippen molar-refractivity contribution in [1.29, 1.82) is 0 Å². The number of carbonyl (C=O) groups is 1. The maximum Gasteiger partial charge on any atom is 0.251 e. The van der Waals surface area contributed by atoms with E-state index in [0.29, 0.717) is 16.9 Å². The third-order valence-corrected chi connectivity index (χ3v) is 4.17. The monoisotopic (exact) mass is 354 g/mol. The Morgan fingerprint density at radius 3 is 2.58 bits per heavy atom. The first-order valence-electron chi connectivity index (χ1n) is 8.16. The van der Waals surface area contributed by atoms with Crippen LogP contribution in [0.2, 0.25) is 0 Å². The summed E-state index contributed by atoms with van der Waals surface area (Å²) >= 11 is 0. The van der Waals surface area contributed by atoms with E-state index in [9.17, 15) is 14.3 Å². The number of aliphatic hydroxyl groups excluding tert-OH is 1. The van der Waals surface area contributed by atoms with Gasteiger partial charge in [0, 0.05) is 17.5 Å². The van der Waals surface area contributed by atoms with Crippen molar-refractivity contribution in [3.8, 4) is 11.3 Å². The zero-order valence-corrected chi connectivity index (χ0v) is 14.3. The summed E-state index contributed by atoms with van der Waals surface area (Å²) in [5.74, 6) is -0.100. The minimum absolute atomic E-state index is 0.179. The molecular weight excluding hydrogens is 335 g/mol. The number of rotatable bonds is 6. The Morgan fingerprint density at radius 2 is 1.96 bits per heavy atom. The Hall–Kier alpha value is -2.99. The van der Waals surface area contributed by atoms with Gasteiger partial charge in [-0.3, -0.25) is 4.79 Å². The molecule has 0 aliphatic rings. The van der Waals surface area contributed by atoms with E-state index in [1.807, 2.05) is 0 Å². The fourth-order valence-electron chi connectivity index (χ4n) is 2.69. The first-order chi connectivity index (χ1) is 12.5. The number of carbonyl (C=O) groups excluding carboxylic acids is 1. The van der Waals surface area contributed by atoms with Crippen LogP contribution in [0.5, 0.6) is 0 Å². The lowest BCUT2D eigenvalue weighted by molar-refractivity contribution is 0.0851. The molecule has 2 N–H and O–H groups in total. The second-order valence-electron chi connectivity index (χ2n) is 6.38. The molecular formula is C20H19FN2O3. The van der Waals surface area contributed by atoms with E-state index in [1.54, 1.807) is 55.6 Å². The molecule has 3 aromatic rings. The summed E-state index contributed by atoms with van der Waals surface area (Å²) in [6, 6.07) is 13.1. The summed E-state index contributed by atoms with van der Waals surface area (Å²) in [5, 5.41) is 12.5. The standard InChI is InChI=1S/C20H19FN2O3/c1-20(12-24,10-16-4-2-3-5-17(16)21)23-19(25)15-8-6-14(7-9-15)18-11-22-13-26-18/h2-9,11,13,24H,10,12H2,1H3,(H,23,25). The first-order valence-corrected chi connectivity index (χ1v) is 8.16. The van der Waals surface area contributed by atoms with Crippen LogP contribution in [0, 0.1) is 5.82 Å². The zero-order chi connectivity index (χ0) is 18.6. The normalized spacial score (nSPS) is 13.2. The molecule has 0 spiro atoms. The van der Waals surface area contributed by atoms with Gasteiger partial charge in [0.2, 0.25) is 0 Å². The van der Waals surface area contributed by atoms with Gasteiger partial charge in [-0.25, -0.2) is 9.37 Å². The Kier molecular flexibility index (Phi) is 5.14. The van der Waals surface area contributed by atoms with E-state index < -0.39 is 5.54 Å². The summed E-state index contributed by atoms with van der Waals surface area (Å²) in [4.78, 5) is 16.4. The van der Waals surface area contributed by atoms with Crippen molar-refractivity contribution in [2.45, 2.75) is 18.9 Å². The van der Waals surface area contributed by atoms with Crippen LogP contribution in [-0.2, 0) is 6.42 Å². The summed E-state index contributed by atoms with van der Waals surface area (Å²) in [6.45, 7) is 1.36. The maximum atomic E-state index is 13.9. The molecule has 1 unspecified atom stereocenters. The topological polar surface area (TPSA) is 75.4 Å². The van der Waals surface area contributed by atoms with Gasteiger partial charge >= 0.3 is 0 Å². The highest BCUT2D eigenvalue weighted by atomic mass is 19.1. The van der Waals surface area contributed by atoms with Crippen LogP contribution in [-0.4, -0.2) is 28.1 Å². The van der Waals surface area contributed by atoms with Gasteiger partial charge in [-0.2, -0.15) is 0 Å². The van der Waals surface area contributed by atoms with Crippen LogP contribution in [0.25, 0.3) is 11.3 Å². The second kappa shape index (κ2) is 7.49. The Bertz CT molecular complexity index is 878. The average Bonchev–Trinajstić information content (AvgIpc) is 3.18. The molecule has 134 valence electrons. The van der Waals surface area contributed by atoms with E-state index in [2.05, 4.69) is 10.3 Å². The highest BCUT2D eigenvalue weighted by Crippen LogP contribution is 2.20. The number of amides is 1. The average molecular weight is 354 g/mol. The number of oxazole rings is 1. The van der Waals surface area contributed by atoms with E-state index in [4.69, 9.17) is 4.42 Å². The smallest absolute Gasteiger partial charge is 0.251 e. The number of hydrogen-bond acceptors (Lipinski definition) is 4. The van der Waals surface area contributed by atoms with Gasteiger partial charge in [0.05, 0.1) is 18.3 Å². The van der Waals surface area contributed by atoms with Crippen molar-refractivity contribution >= 4 is 5.91 Å². The number of aliphatic hydroxyl groups is 1. The van der Waals surface area contributed by atoms with Gasteiger partial charge in [-0.1, -0.05) is 30.3 Å². The zero-order valence-electron chi connectivity index (χ0n) is 14.3. The molecule has 1 amide bonds. The lowest BCUT2D eigenvalue weighted by Crippen LogP contribution is -2.50. The molecule has 26 heavy (non-hydrogen) atoms. The van der Waals surface area contributed by atoms with Gasteiger partial charge in [-0.15, -0.1) is 0 Å². The molecule has 0 aliphatic heterocycles. The summed E-state index contributed by atoms with van der Waals surface area (Å²) < 4.78 is 19.1. The Balaban J connectivity index is 1.73. The van der Waals surface area contributed by atoms with Gasteiger partial charge in [-0.05, 0) is 30.7 Å². The van der Waals surface area contributed by atoms with Crippen molar-refractivity contribution in [3.63, 3.8) is 0 Å². The lowest BCUT2D eigenvalue weighted by atomic mass is 9.92. The largest absolute Gasteiger partial charge is 0.444 e. The summed E-state index contributed by atoms with van der Waals surface area (Å²) in [7, 11) is 0. The molecule has 5 nitrogen and oxygen atoms in total. The predicted octanol–water partition coefficient (Wildman–Crippen LogP) is 3.20. The van der Waals surface area contributed by atoms with Gasteiger partial charge in [0.1, 0.15) is 5.82 Å². The SMILES string of the molecule is CC(CO)(Cc1ccccc1F)NC(=O)c1ccc(-c2cnco2)cc1. The fraction of sp³-hybridized carbons (Fsp3) is 0.200. The van der Waals surface area contributed by atoms with Crippen LogP contribution in [0.3, 0.4) is 0 Å². The van der Waals surface area contributed by atoms with Crippen molar-refractivity contribution < 1.29 is 18.7 Å². The number of nitrogens with zero attached hydrogens (tertiary/aromatic N) is 1. The lowest BCUT2D eigenvalue weighted by Gasteiger charge is -2.29. The molecule has 0 saturated carbocycles. The summed E-state index contributed by atoms with van der Waals surface area (Å²) in [6.07, 6.45) is 3.11. The highest BCUT2D eigenvalue weighted by Gasteiger charge is 2.27. The molecule has 0 saturated heterocycles. The Morgan fingerprint density at radius 1 is 1.23 bits per heavy atom. The minimum atomic E-state index is -0.983. The number of aromatic nitrogens is 1. The molecule has 0 aliphatic carbocycles. The van der Waals surface area contributed by atoms with Crippen molar-refractivity contribution in [2.75, 3.05) is 6.61 Å². The molecule has 1 aromatic heterocycles. The molecule has 0 radical (unpaired) electrons. The van der Waals surface area contributed by atoms with Gasteiger partial charge in [0.15, 0.2) is 12.2 Å². The number of benzene rings is 2. The molecule has 1 atom stereocenters. The van der Waals surface area contributed by atoms with Gasteiger partial charge < -0.3 is 14.8 Å². The maximum absolute atomic E-state index is 13.9. The first kappa shape index (κ1) is 17.8. The fourth-order valence-corrected chi connectivity index (χ4v) is 2.69. The van der Waals surface area contributed by atoms with Crippen LogP contribution >= 0.6 is 0 Å². The van der Waals surface area contributed by atoms with Crippen LogP contribution in [0.1, 0.15) is 22.8 Å². The molecule has 1 heterocycles. The van der Waals surface area contributed by atoms with E-state index in [0.717, 1.165) is 5.56 Å². The van der Waals surface area contributed by atoms with Crippen molar-refractivity contribution in [1.82, 2.24) is 10.3 Å². The number of nitrogens with one attached hydrogen (secondary N) is 1. The minimum Gasteiger partial charge on any atom is -0.444 e. The molecule has 3 rings (SSSR count). The molecule has 6 heteroatoms. The predicted molar refractivity (Wildman–Crippen MR) is 95.0 cm³/mol. The number of halogens is 1. The third kappa shape index (κ3) is 3.97. The van der Waals surface area contributed by atoms with E-state index >= 15 is 0 Å². The van der Waals surface area contributed by atoms with Crippen molar-refractivity contribution in [2.24, 2.45) is 0 Å². The summed E-state index contributed by atoms with van der Waals surface area (Å²) in [5.41, 5.74) is 0.685. The molecule has 0 bridgehead atoms. The van der Waals surface area contributed by atoms with Crippen molar-refractivity contribution in [3.05, 3.63) is 78.1 Å². The molecule has 0 fully saturated rings. The van der Waals surface area contributed by atoms with E-state index in [1.165, 1.54) is 12.5 Å². The van der Waals surface area contributed by atoms with Crippen LogP contribution in [0.15, 0.2) is 65.5 Å². The third-order valence-electron chi connectivity index (χ3n) is 4.17. The number of hydrogen-bond donors (Lipinski definition) is 2. The Labute approximate surface area is 150 Å². The van der Waals surface area contributed by atoms with Crippen LogP contribution < -0.4 is 5.32 Å².